The standard InChI is InChI=1S/C16H17FN2O2/c1-10-6-7-14(18)11(2)16(10)21-9-15(20)19-13-5-3-4-12(17)8-13/h3-8H,9,18H2,1-2H3,(H,19,20). The van der Waals surface area contributed by atoms with E-state index in [9.17, 15) is 9.18 Å². The second-order valence-corrected chi connectivity index (χ2v) is 4.77. The summed E-state index contributed by atoms with van der Waals surface area (Å²) in [6.45, 7) is 3.55. The quantitative estimate of drug-likeness (QED) is 0.850. The summed E-state index contributed by atoms with van der Waals surface area (Å²) in [5, 5.41) is 2.57. The molecule has 0 aliphatic carbocycles. The van der Waals surface area contributed by atoms with Gasteiger partial charge in [-0.15, -0.1) is 0 Å². The first-order valence-corrected chi connectivity index (χ1v) is 6.51. The third-order valence-electron chi connectivity index (χ3n) is 3.10. The van der Waals surface area contributed by atoms with Gasteiger partial charge in [-0.3, -0.25) is 4.79 Å². The summed E-state index contributed by atoms with van der Waals surface area (Å²) in [5.74, 6) is -0.164. The van der Waals surface area contributed by atoms with Crippen LogP contribution in [0.15, 0.2) is 36.4 Å². The molecule has 0 fully saturated rings. The Kier molecular flexibility index (Phi) is 4.42. The number of carbonyl (C=O) groups excluding carboxylic acids is 1. The maximum Gasteiger partial charge on any atom is 0.262 e. The average Bonchev–Trinajstić information content (AvgIpc) is 2.43. The number of hydrogen-bond donors (Lipinski definition) is 2. The number of amides is 1. The summed E-state index contributed by atoms with van der Waals surface area (Å²) < 4.78 is 18.5. The molecule has 0 saturated carbocycles. The molecule has 0 atom stereocenters. The number of ether oxygens (including phenoxy) is 1. The van der Waals surface area contributed by atoms with Crippen molar-refractivity contribution in [2.24, 2.45) is 0 Å². The maximum absolute atomic E-state index is 13.0. The lowest BCUT2D eigenvalue weighted by Gasteiger charge is -2.13. The highest BCUT2D eigenvalue weighted by atomic mass is 19.1. The summed E-state index contributed by atoms with van der Waals surface area (Å²) in [6.07, 6.45) is 0. The first-order valence-electron chi connectivity index (χ1n) is 6.51. The number of nitrogens with two attached hydrogens (primary N) is 1. The van der Waals surface area contributed by atoms with Crippen molar-refractivity contribution in [3.05, 3.63) is 53.3 Å². The lowest BCUT2D eigenvalue weighted by molar-refractivity contribution is -0.118. The molecular weight excluding hydrogens is 271 g/mol. The van der Waals surface area contributed by atoms with Crippen LogP contribution in [0.4, 0.5) is 15.8 Å². The molecule has 2 aromatic carbocycles. The van der Waals surface area contributed by atoms with Gasteiger partial charge in [-0.2, -0.15) is 0 Å². The van der Waals surface area contributed by atoms with E-state index in [-0.39, 0.29) is 12.5 Å². The van der Waals surface area contributed by atoms with Crippen LogP contribution in [0.1, 0.15) is 11.1 Å². The largest absolute Gasteiger partial charge is 0.483 e. The average molecular weight is 288 g/mol. The molecule has 2 rings (SSSR count). The summed E-state index contributed by atoms with van der Waals surface area (Å²) in [6, 6.07) is 9.32. The van der Waals surface area contributed by atoms with E-state index in [4.69, 9.17) is 10.5 Å². The number of rotatable bonds is 4. The minimum atomic E-state index is -0.406. The van der Waals surface area contributed by atoms with E-state index in [1.165, 1.54) is 18.2 Å². The van der Waals surface area contributed by atoms with Crippen LogP contribution in [-0.4, -0.2) is 12.5 Å². The summed E-state index contributed by atoms with van der Waals surface area (Å²) in [5.41, 5.74) is 8.52. The maximum atomic E-state index is 13.0. The van der Waals surface area contributed by atoms with Crippen LogP contribution < -0.4 is 15.8 Å². The van der Waals surface area contributed by atoms with Gasteiger partial charge in [0.2, 0.25) is 0 Å². The number of halogens is 1. The second kappa shape index (κ2) is 6.26. The Balaban J connectivity index is 2.00. The number of benzene rings is 2. The van der Waals surface area contributed by atoms with Crippen molar-refractivity contribution in [1.82, 2.24) is 0 Å². The first-order chi connectivity index (χ1) is 9.97. The van der Waals surface area contributed by atoms with Crippen molar-refractivity contribution in [3.8, 4) is 5.75 Å². The van der Waals surface area contributed by atoms with E-state index < -0.39 is 5.82 Å². The van der Waals surface area contributed by atoms with Crippen LogP contribution in [-0.2, 0) is 4.79 Å². The summed E-state index contributed by atoms with van der Waals surface area (Å²) in [4.78, 5) is 11.8. The topological polar surface area (TPSA) is 64.3 Å². The highest BCUT2D eigenvalue weighted by molar-refractivity contribution is 5.91. The van der Waals surface area contributed by atoms with Crippen LogP contribution in [0, 0.1) is 19.7 Å². The first kappa shape index (κ1) is 14.8. The molecule has 5 heteroatoms. The fourth-order valence-corrected chi connectivity index (χ4v) is 1.97. The van der Waals surface area contributed by atoms with Crippen LogP contribution in [0.5, 0.6) is 5.75 Å². The van der Waals surface area contributed by atoms with Gasteiger partial charge in [0.1, 0.15) is 11.6 Å². The van der Waals surface area contributed by atoms with Crippen molar-refractivity contribution in [2.45, 2.75) is 13.8 Å². The Morgan fingerprint density at radius 1 is 1.29 bits per heavy atom. The number of aryl methyl sites for hydroxylation is 1. The molecule has 0 aliphatic rings. The van der Waals surface area contributed by atoms with Gasteiger partial charge in [-0.25, -0.2) is 4.39 Å². The predicted molar refractivity (Wildman–Crippen MR) is 80.9 cm³/mol. The fraction of sp³-hybridized carbons (Fsp3) is 0.188. The van der Waals surface area contributed by atoms with Gasteiger partial charge in [-0.05, 0) is 43.7 Å². The molecule has 0 heterocycles. The summed E-state index contributed by atoms with van der Waals surface area (Å²) >= 11 is 0. The van der Waals surface area contributed by atoms with Crippen molar-refractivity contribution in [2.75, 3.05) is 17.7 Å². The minimum Gasteiger partial charge on any atom is -0.483 e. The van der Waals surface area contributed by atoms with Crippen LogP contribution >= 0.6 is 0 Å². The monoisotopic (exact) mass is 288 g/mol. The van der Waals surface area contributed by atoms with Crippen LogP contribution in [0.2, 0.25) is 0 Å². The van der Waals surface area contributed by atoms with Gasteiger partial charge in [0, 0.05) is 16.9 Å². The predicted octanol–water partition coefficient (Wildman–Crippen LogP) is 3.04. The van der Waals surface area contributed by atoms with E-state index >= 15 is 0 Å². The number of nitrogen functional groups attached to an aromatic ring is 1. The molecule has 0 radical (unpaired) electrons. The molecule has 1 amide bonds. The van der Waals surface area contributed by atoms with E-state index in [1.807, 2.05) is 19.9 Å². The Labute approximate surface area is 122 Å². The number of carbonyl (C=O) groups is 1. The van der Waals surface area contributed by atoms with E-state index in [0.717, 1.165) is 11.1 Å². The zero-order valence-electron chi connectivity index (χ0n) is 11.9. The third kappa shape index (κ3) is 3.72. The summed E-state index contributed by atoms with van der Waals surface area (Å²) in [7, 11) is 0. The Hall–Kier alpha value is -2.56. The fourth-order valence-electron chi connectivity index (χ4n) is 1.97. The molecule has 0 aliphatic heterocycles. The smallest absolute Gasteiger partial charge is 0.262 e. The SMILES string of the molecule is Cc1ccc(N)c(C)c1OCC(=O)Nc1cccc(F)c1. The molecule has 0 unspecified atom stereocenters. The normalized spacial score (nSPS) is 10.2. The Bertz CT molecular complexity index is 671. The van der Waals surface area contributed by atoms with Crippen LogP contribution in [0.25, 0.3) is 0 Å². The van der Waals surface area contributed by atoms with Gasteiger partial charge in [0.25, 0.3) is 5.91 Å². The molecular formula is C16H17FN2O2. The van der Waals surface area contributed by atoms with Gasteiger partial charge < -0.3 is 15.8 Å². The number of anilines is 2. The highest BCUT2D eigenvalue weighted by Gasteiger charge is 2.10. The highest BCUT2D eigenvalue weighted by Crippen LogP contribution is 2.27. The second-order valence-electron chi connectivity index (χ2n) is 4.77. The zero-order chi connectivity index (χ0) is 15.4. The third-order valence-corrected chi connectivity index (χ3v) is 3.10. The molecule has 0 bridgehead atoms. The van der Waals surface area contributed by atoms with Crippen LogP contribution in [0.3, 0.4) is 0 Å². The molecule has 0 saturated heterocycles. The molecule has 2 aromatic rings. The lowest BCUT2D eigenvalue weighted by atomic mass is 10.1. The zero-order valence-corrected chi connectivity index (χ0v) is 11.9. The van der Waals surface area contributed by atoms with E-state index in [1.54, 1.807) is 12.1 Å². The van der Waals surface area contributed by atoms with E-state index in [0.29, 0.717) is 17.1 Å². The van der Waals surface area contributed by atoms with Crippen molar-refractivity contribution >= 4 is 17.3 Å². The molecule has 110 valence electrons. The van der Waals surface area contributed by atoms with Gasteiger partial charge in [-0.1, -0.05) is 12.1 Å². The van der Waals surface area contributed by atoms with E-state index in [2.05, 4.69) is 5.32 Å². The molecule has 0 spiro atoms. The van der Waals surface area contributed by atoms with Gasteiger partial charge >= 0.3 is 0 Å². The van der Waals surface area contributed by atoms with Crippen molar-refractivity contribution in [1.29, 1.82) is 0 Å². The molecule has 4 nitrogen and oxygen atoms in total. The van der Waals surface area contributed by atoms with Gasteiger partial charge in [0.05, 0.1) is 0 Å². The van der Waals surface area contributed by atoms with Crippen molar-refractivity contribution in [3.63, 3.8) is 0 Å². The Morgan fingerprint density at radius 2 is 2.05 bits per heavy atom. The number of hydrogen-bond acceptors (Lipinski definition) is 3. The minimum absolute atomic E-state index is 0.165. The molecule has 21 heavy (non-hydrogen) atoms. The molecule has 0 aromatic heterocycles. The van der Waals surface area contributed by atoms with Gasteiger partial charge in [0.15, 0.2) is 6.61 Å². The number of nitrogens with one attached hydrogen (secondary N) is 1. The lowest BCUT2D eigenvalue weighted by Crippen LogP contribution is -2.20. The Morgan fingerprint density at radius 3 is 2.76 bits per heavy atom. The molecule has 3 N–H and O–H groups in total. The van der Waals surface area contributed by atoms with Crippen molar-refractivity contribution < 1.29 is 13.9 Å².